The summed E-state index contributed by atoms with van der Waals surface area (Å²) >= 11 is 0. The summed E-state index contributed by atoms with van der Waals surface area (Å²) in [4.78, 5) is 0. The van der Waals surface area contributed by atoms with Crippen LogP contribution in [0, 0.1) is 11.3 Å². The van der Waals surface area contributed by atoms with Crippen molar-refractivity contribution in [3.63, 3.8) is 0 Å². The number of fused-ring (bicyclic) bond motifs is 3. The zero-order valence-corrected chi connectivity index (χ0v) is 23.2. The third kappa shape index (κ3) is 4.47. The summed E-state index contributed by atoms with van der Waals surface area (Å²) in [6.07, 6.45) is 9.81. The van der Waals surface area contributed by atoms with Crippen LogP contribution < -0.4 is 0 Å². The molecule has 0 aromatic heterocycles. The lowest BCUT2D eigenvalue weighted by molar-refractivity contribution is 0.514. The molecule has 0 amide bonds. The minimum atomic E-state index is 0.143. The van der Waals surface area contributed by atoms with E-state index in [4.69, 9.17) is 0 Å². The molecule has 0 heteroatoms. The third-order valence-corrected chi connectivity index (χ3v) is 8.38. The molecule has 0 N–H and O–H groups in total. The van der Waals surface area contributed by atoms with Gasteiger partial charge in [0.05, 0.1) is 0 Å². The average Bonchev–Trinajstić information content (AvgIpc) is 3.53. The van der Waals surface area contributed by atoms with Crippen LogP contribution in [-0.4, -0.2) is 0 Å². The predicted octanol–water partition coefficient (Wildman–Crippen LogP) is 10.8. The maximum atomic E-state index is 2.58. The number of rotatable bonds is 6. The van der Waals surface area contributed by atoms with E-state index in [1.807, 2.05) is 0 Å². The van der Waals surface area contributed by atoms with Crippen LogP contribution in [0.2, 0.25) is 0 Å². The van der Waals surface area contributed by atoms with Crippen molar-refractivity contribution in [2.24, 2.45) is 11.3 Å². The molecule has 0 saturated heterocycles. The van der Waals surface area contributed by atoms with Crippen LogP contribution in [0.4, 0.5) is 0 Å². The number of unbranched alkanes of at least 4 members (excludes halogenated alkanes) is 1. The van der Waals surface area contributed by atoms with E-state index in [2.05, 4.69) is 131 Å². The number of allylic oxidation sites excluding steroid dienone is 4. The minimum Gasteiger partial charge on any atom is -0.0732 e. The fraction of sp³-hybridized carbons (Fsp3) is 0.263. The molecule has 0 radical (unpaired) electrons. The van der Waals surface area contributed by atoms with Crippen molar-refractivity contribution in [1.29, 1.82) is 0 Å². The molecule has 0 bridgehead atoms. The second kappa shape index (κ2) is 9.91. The van der Waals surface area contributed by atoms with Gasteiger partial charge in [0.15, 0.2) is 0 Å². The van der Waals surface area contributed by atoms with Gasteiger partial charge < -0.3 is 0 Å². The standard InChI is InChI=1S/C38H38/c1-5-6-13-29-23-31(38(2,3)4)25-35(29)37-33(27-16-11-8-12-17-27)20-21-34-32-19-18-28(22-30(32)24-36(34)37)26-14-9-7-10-15-26/h7-12,14-23,25,29H,5-6,13,24H2,1-4H3. The summed E-state index contributed by atoms with van der Waals surface area (Å²) in [6, 6.07) is 33.6. The Labute approximate surface area is 228 Å². The Hall–Kier alpha value is -3.64. The highest BCUT2D eigenvalue weighted by Crippen LogP contribution is 2.50. The maximum Gasteiger partial charge on any atom is 0.00303 e. The van der Waals surface area contributed by atoms with E-state index in [1.165, 1.54) is 80.5 Å². The molecule has 0 aliphatic heterocycles. The normalized spacial score (nSPS) is 16.2. The molecule has 0 nitrogen and oxygen atoms in total. The van der Waals surface area contributed by atoms with Gasteiger partial charge in [0.1, 0.15) is 0 Å². The Morgan fingerprint density at radius 3 is 2.05 bits per heavy atom. The summed E-state index contributed by atoms with van der Waals surface area (Å²) in [6.45, 7) is 9.36. The SMILES string of the molecule is CCCCC1C=C(C(C)(C)C)C=C1c1c(-c2ccccc2)ccc2c1Cc1cc(-c3ccccc3)ccc1-2. The smallest absolute Gasteiger partial charge is 0.00303 e. The zero-order chi connectivity index (χ0) is 26.3. The lowest BCUT2D eigenvalue weighted by Gasteiger charge is -2.21. The molecular weight excluding hydrogens is 456 g/mol. The van der Waals surface area contributed by atoms with Crippen molar-refractivity contribution >= 4 is 5.57 Å². The van der Waals surface area contributed by atoms with Gasteiger partial charge in [-0.2, -0.15) is 0 Å². The topological polar surface area (TPSA) is 0 Å². The number of benzene rings is 4. The molecule has 1 unspecified atom stereocenters. The van der Waals surface area contributed by atoms with Crippen LogP contribution in [0.15, 0.2) is 109 Å². The maximum absolute atomic E-state index is 2.58. The van der Waals surface area contributed by atoms with E-state index in [-0.39, 0.29) is 5.41 Å². The van der Waals surface area contributed by atoms with Crippen LogP contribution in [-0.2, 0) is 6.42 Å². The fourth-order valence-electron chi connectivity index (χ4n) is 6.29. The second-order valence-electron chi connectivity index (χ2n) is 12.0. The van der Waals surface area contributed by atoms with Gasteiger partial charge in [-0.1, -0.05) is 144 Å². The van der Waals surface area contributed by atoms with Gasteiger partial charge in [-0.3, -0.25) is 0 Å². The van der Waals surface area contributed by atoms with Crippen LogP contribution in [0.3, 0.4) is 0 Å². The first kappa shape index (κ1) is 24.7. The molecule has 2 aliphatic rings. The molecule has 0 saturated carbocycles. The quantitative estimate of drug-likeness (QED) is 0.220. The average molecular weight is 495 g/mol. The van der Waals surface area contributed by atoms with Gasteiger partial charge in [-0.05, 0) is 79.5 Å². The fourth-order valence-corrected chi connectivity index (χ4v) is 6.29. The Balaban J connectivity index is 1.52. The molecule has 0 spiro atoms. The van der Waals surface area contributed by atoms with Crippen LogP contribution in [0.1, 0.15) is 63.6 Å². The van der Waals surface area contributed by atoms with E-state index in [9.17, 15) is 0 Å². The second-order valence-corrected chi connectivity index (χ2v) is 12.0. The first-order valence-electron chi connectivity index (χ1n) is 14.3. The highest BCUT2D eigenvalue weighted by Gasteiger charge is 2.32. The van der Waals surface area contributed by atoms with E-state index in [0.717, 1.165) is 6.42 Å². The number of hydrogen-bond donors (Lipinski definition) is 0. The molecule has 6 rings (SSSR count). The molecular formula is C38H38. The van der Waals surface area contributed by atoms with Gasteiger partial charge >= 0.3 is 0 Å². The van der Waals surface area contributed by atoms with Gasteiger partial charge in [-0.25, -0.2) is 0 Å². The van der Waals surface area contributed by atoms with E-state index >= 15 is 0 Å². The lowest BCUT2D eigenvalue weighted by Crippen LogP contribution is -2.06. The Morgan fingerprint density at radius 2 is 1.37 bits per heavy atom. The molecule has 4 aromatic carbocycles. The molecule has 2 aliphatic carbocycles. The highest BCUT2D eigenvalue weighted by atomic mass is 14.4. The Bertz CT molecular complexity index is 1520. The monoisotopic (exact) mass is 494 g/mol. The van der Waals surface area contributed by atoms with Gasteiger partial charge in [0, 0.05) is 5.92 Å². The highest BCUT2D eigenvalue weighted by molar-refractivity contribution is 5.94. The van der Waals surface area contributed by atoms with Crippen molar-refractivity contribution < 1.29 is 0 Å². The summed E-state index contributed by atoms with van der Waals surface area (Å²) in [5, 5.41) is 0. The minimum absolute atomic E-state index is 0.143. The molecule has 0 fully saturated rings. The van der Waals surface area contributed by atoms with Crippen molar-refractivity contribution in [3.8, 4) is 33.4 Å². The molecule has 0 heterocycles. The first-order valence-corrected chi connectivity index (χ1v) is 14.3. The summed E-state index contributed by atoms with van der Waals surface area (Å²) in [5.41, 5.74) is 15.6. The third-order valence-electron chi connectivity index (χ3n) is 8.38. The molecule has 190 valence electrons. The Morgan fingerprint density at radius 1 is 0.711 bits per heavy atom. The van der Waals surface area contributed by atoms with Crippen molar-refractivity contribution in [2.75, 3.05) is 0 Å². The molecule has 1 atom stereocenters. The van der Waals surface area contributed by atoms with Crippen LogP contribution in [0.25, 0.3) is 39.0 Å². The molecule has 38 heavy (non-hydrogen) atoms. The number of hydrogen-bond acceptors (Lipinski definition) is 0. The zero-order valence-electron chi connectivity index (χ0n) is 23.2. The summed E-state index contributed by atoms with van der Waals surface area (Å²) in [7, 11) is 0. The first-order chi connectivity index (χ1) is 18.4. The van der Waals surface area contributed by atoms with E-state index in [0.29, 0.717) is 5.92 Å². The van der Waals surface area contributed by atoms with Crippen LogP contribution >= 0.6 is 0 Å². The Kier molecular flexibility index (Phi) is 6.44. The van der Waals surface area contributed by atoms with Gasteiger partial charge in [0.25, 0.3) is 0 Å². The largest absolute Gasteiger partial charge is 0.0732 e. The predicted molar refractivity (Wildman–Crippen MR) is 164 cm³/mol. The molecule has 4 aromatic rings. The van der Waals surface area contributed by atoms with E-state index in [1.54, 1.807) is 0 Å². The van der Waals surface area contributed by atoms with Crippen molar-refractivity contribution in [1.82, 2.24) is 0 Å². The van der Waals surface area contributed by atoms with Gasteiger partial charge in [-0.15, -0.1) is 0 Å². The summed E-state index contributed by atoms with van der Waals surface area (Å²) in [5.74, 6) is 0.474. The van der Waals surface area contributed by atoms with Gasteiger partial charge in [0.2, 0.25) is 0 Å². The van der Waals surface area contributed by atoms with Crippen molar-refractivity contribution in [2.45, 2.75) is 53.4 Å². The lowest BCUT2D eigenvalue weighted by atomic mass is 9.82. The van der Waals surface area contributed by atoms with Crippen molar-refractivity contribution in [3.05, 3.63) is 125 Å². The van der Waals surface area contributed by atoms with E-state index < -0.39 is 0 Å². The summed E-state index contributed by atoms with van der Waals surface area (Å²) < 4.78 is 0. The van der Waals surface area contributed by atoms with Crippen LogP contribution in [0.5, 0.6) is 0 Å².